The number of hydrogen-bond donors (Lipinski definition) is 1. The first kappa shape index (κ1) is 17.6. The minimum atomic E-state index is -1.32. The molecule has 8 heteroatoms. The number of nitrogens with one attached hydrogen (secondary N) is 1. The first-order valence-corrected chi connectivity index (χ1v) is 7.97. The number of esters is 1. The van der Waals surface area contributed by atoms with Gasteiger partial charge in [0, 0.05) is 0 Å². The van der Waals surface area contributed by atoms with Gasteiger partial charge in [-0.3, -0.25) is 4.79 Å². The molecule has 0 unspecified atom stereocenters. The van der Waals surface area contributed by atoms with Crippen molar-refractivity contribution in [2.75, 3.05) is 11.9 Å². The quantitative estimate of drug-likeness (QED) is 0.786. The predicted octanol–water partition coefficient (Wildman–Crippen LogP) is 1.17. The van der Waals surface area contributed by atoms with Crippen LogP contribution >= 0.6 is 11.3 Å². The van der Waals surface area contributed by atoms with E-state index >= 15 is 0 Å². The number of hydrogen-bond acceptors (Lipinski definition) is 7. The second-order valence-corrected chi connectivity index (χ2v) is 5.88. The maximum absolute atomic E-state index is 12.1. The Morgan fingerprint density at radius 3 is 2.62 bits per heavy atom. The first-order valence-electron chi connectivity index (χ1n) is 7.16. The number of benzene rings is 1. The molecule has 0 spiro atoms. The Kier molecular flexibility index (Phi) is 5.64. The van der Waals surface area contributed by atoms with Gasteiger partial charge in [-0.05, 0) is 26.0 Å². The van der Waals surface area contributed by atoms with Crippen LogP contribution in [0, 0.1) is 6.92 Å². The number of carboxylic acid groups (broad SMARTS) is 1. The molecule has 1 N–H and O–H groups in total. The van der Waals surface area contributed by atoms with E-state index in [2.05, 4.69) is 10.3 Å². The fourth-order valence-corrected chi connectivity index (χ4v) is 2.93. The highest BCUT2D eigenvalue weighted by atomic mass is 32.1. The first-order chi connectivity index (χ1) is 11.4. The summed E-state index contributed by atoms with van der Waals surface area (Å²) in [7, 11) is 0. The maximum atomic E-state index is 12.1. The Balaban J connectivity index is 2.12. The van der Waals surface area contributed by atoms with Crippen LogP contribution in [0.1, 0.15) is 37.7 Å². The van der Waals surface area contributed by atoms with E-state index in [4.69, 9.17) is 4.74 Å². The zero-order chi connectivity index (χ0) is 17.7. The Labute approximate surface area is 142 Å². The lowest BCUT2D eigenvalue weighted by Crippen LogP contribution is -2.21. The van der Waals surface area contributed by atoms with E-state index in [0.717, 1.165) is 11.3 Å². The maximum Gasteiger partial charge on any atom is 0.340 e. The molecule has 1 aromatic carbocycles. The smallest absolute Gasteiger partial charge is 0.340 e. The molecule has 1 aromatic heterocycles. The zero-order valence-electron chi connectivity index (χ0n) is 13.1. The molecule has 2 aromatic rings. The number of nitrogens with zero attached hydrogens (tertiary/aromatic N) is 1. The molecule has 126 valence electrons. The third-order valence-electron chi connectivity index (χ3n) is 3.03. The highest BCUT2D eigenvalue weighted by molar-refractivity contribution is 7.13. The van der Waals surface area contributed by atoms with Gasteiger partial charge >= 0.3 is 5.97 Å². The summed E-state index contributed by atoms with van der Waals surface area (Å²) in [5, 5.41) is 13.9. The van der Waals surface area contributed by atoms with Crippen LogP contribution in [0.2, 0.25) is 0 Å². The number of aromatic carboxylic acids is 1. The van der Waals surface area contributed by atoms with Crippen molar-refractivity contribution in [3.63, 3.8) is 0 Å². The lowest BCUT2D eigenvalue weighted by atomic mass is 10.1. The standard InChI is InChI=1S/C16H16N2O5S/c1-3-23-16(22)10-6-4-5-7-11(10)18-12(19)8-13-17-9(2)14(24-13)15(20)21/h4-7H,3,8H2,1-2H3,(H,18,19)(H,20,21)/p-1. The Morgan fingerprint density at radius 1 is 1.29 bits per heavy atom. The summed E-state index contributed by atoms with van der Waals surface area (Å²) in [6, 6.07) is 6.48. The minimum Gasteiger partial charge on any atom is -0.544 e. The second-order valence-electron chi connectivity index (χ2n) is 4.80. The van der Waals surface area contributed by atoms with Crippen LogP contribution in [0.4, 0.5) is 5.69 Å². The number of carbonyl (C=O) groups is 3. The molecule has 2 rings (SSSR count). The van der Waals surface area contributed by atoms with E-state index in [9.17, 15) is 19.5 Å². The van der Waals surface area contributed by atoms with Gasteiger partial charge in [-0.15, -0.1) is 11.3 Å². The Morgan fingerprint density at radius 2 is 2.00 bits per heavy atom. The molecule has 0 aliphatic carbocycles. The summed E-state index contributed by atoms with van der Waals surface area (Å²) in [5.41, 5.74) is 0.891. The predicted molar refractivity (Wildman–Crippen MR) is 85.9 cm³/mol. The number of thiazole rings is 1. The molecule has 0 radical (unpaired) electrons. The zero-order valence-corrected chi connectivity index (χ0v) is 13.9. The average Bonchev–Trinajstić information content (AvgIpc) is 2.88. The van der Waals surface area contributed by atoms with Gasteiger partial charge in [0.15, 0.2) is 0 Å². The van der Waals surface area contributed by atoms with Crippen LogP contribution in [0.15, 0.2) is 24.3 Å². The van der Waals surface area contributed by atoms with Gasteiger partial charge in [-0.2, -0.15) is 0 Å². The third-order valence-corrected chi connectivity index (χ3v) is 4.17. The molecule has 0 saturated carbocycles. The van der Waals surface area contributed by atoms with E-state index in [1.54, 1.807) is 38.1 Å². The number of para-hydroxylation sites is 1. The molecule has 0 saturated heterocycles. The molecule has 1 heterocycles. The van der Waals surface area contributed by atoms with E-state index < -0.39 is 17.8 Å². The van der Waals surface area contributed by atoms with E-state index in [0.29, 0.717) is 16.4 Å². The number of ether oxygens (including phenoxy) is 1. The second kappa shape index (κ2) is 7.69. The van der Waals surface area contributed by atoms with Crippen molar-refractivity contribution >= 4 is 34.9 Å². The van der Waals surface area contributed by atoms with Crippen molar-refractivity contribution in [3.8, 4) is 0 Å². The summed E-state index contributed by atoms with van der Waals surface area (Å²) in [6.45, 7) is 3.46. The molecule has 0 aliphatic rings. The molecule has 24 heavy (non-hydrogen) atoms. The van der Waals surface area contributed by atoms with Crippen molar-refractivity contribution in [1.82, 2.24) is 4.98 Å². The van der Waals surface area contributed by atoms with Crippen LogP contribution in [0.3, 0.4) is 0 Å². The fraction of sp³-hybridized carbons (Fsp3) is 0.250. The monoisotopic (exact) mass is 347 g/mol. The molecule has 0 aliphatic heterocycles. The largest absolute Gasteiger partial charge is 0.544 e. The molecule has 1 amide bonds. The summed E-state index contributed by atoms with van der Waals surface area (Å²) in [5.74, 6) is -2.26. The van der Waals surface area contributed by atoms with Crippen molar-refractivity contribution in [3.05, 3.63) is 45.4 Å². The summed E-state index contributed by atoms with van der Waals surface area (Å²) in [6.07, 6.45) is -0.101. The number of aryl methyl sites for hydroxylation is 1. The highest BCUT2D eigenvalue weighted by Gasteiger charge is 2.16. The number of rotatable bonds is 6. The summed E-state index contributed by atoms with van der Waals surface area (Å²) >= 11 is 0.900. The average molecular weight is 347 g/mol. The number of amides is 1. The van der Waals surface area contributed by atoms with Gasteiger partial charge < -0.3 is 20.0 Å². The van der Waals surface area contributed by atoms with Gasteiger partial charge in [0.2, 0.25) is 5.91 Å². The van der Waals surface area contributed by atoms with Crippen molar-refractivity contribution in [2.45, 2.75) is 20.3 Å². The van der Waals surface area contributed by atoms with Crippen LogP contribution in [-0.2, 0) is 16.0 Å². The third kappa shape index (κ3) is 4.17. The van der Waals surface area contributed by atoms with Gasteiger partial charge in [0.25, 0.3) is 0 Å². The number of anilines is 1. The summed E-state index contributed by atoms with van der Waals surface area (Å²) < 4.78 is 4.94. The molecule has 0 bridgehead atoms. The topological polar surface area (TPSA) is 108 Å². The fourth-order valence-electron chi connectivity index (χ4n) is 2.03. The molecular weight excluding hydrogens is 332 g/mol. The minimum absolute atomic E-state index is 0.00437. The van der Waals surface area contributed by atoms with E-state index in [-0.39, 0.29) is 23.5 Å². The number of carboxylic acids is 1. The van der Waals surface area contributed by atoms with Gasteiger partial charge in [0.05, 0.1) is 40.8 Å². The van der Waals surface area contributed by atoms with Crippen LogP contribution < -0.4 is 10.4 Å². The van der Waals surface area contributed by atoms with Gasteiger partial charge in [0.1, 0.15) is 5.01 Å². The van der Waals surface area contributed by atoms with E-state index in [1.807, 2.05) is 0 Å². The van der Waals surface area contributed by atoms with Crippen molar-refractivity contribution in [2.24, 2.45) is 0 Å². The summed E-state index contributed by atoms with van der Waals surface area (Å²) in [4.78, 5) is 39.0. The number of aromatic nitrogens is 1. The van der Waals surface area contributed by atoms with Crippen molar-refractivity contribution in [1.29, 1.82) is 0 Å². The van der Waals surface area contributed by atoms with Crippen LogP contribution in [0.25, 0.3) is 0 Å². The molecule has 7 nitrogen and oxygen atoms in total. The lowest BCUT2D eigenvalue weighted by molar-refractivity contribution is -0.254. The van der Waals surface area contributed by atoms with Crippen LogP contribution in [-0.4, -0.2) is 29.4 Å². The highest BCUT2D eigenvalue weighted by Crippen LogP contribution is 2.20. The normalized spacial score (nSPS) is 10.2. The Hall–Kier alpha value is -2.74. The number of carbonyl (C=O) groups excluding carboxylic acids is 3. The molecule has 0 fully saturated rings. The molecular formula is C16H15N2O5S-. The van der Waals surface area contributed by atoms with Gasteiger partial charge in [-0.1, -0.05) is 12.1 Å². The van der Waals surface area contributed by atoms with E-state index in [1.165, 1.54) is 0 Å². The Bertz CT molecular complexity index is 785. The lowest BCUT2D eigenvalue weighted by Gasteiger charge is -2.09. The van der Waals surface area contributed by atoms with Gasteiger partial charge in [-0.25, -0.2) is 9.78 Å². The molecule has 0 atom stereocenters. The SMILES string of the molecule is CCOC(=O)c1ccccc1NC(=O)Cc1nc(C)c(C(=O)[O-])s1. The van der Waals surface area contributed by atoms with Crippen molar-refractivity contribution < 1.29 is 24.2 Å². The van der Waals surface area contributed by atoms with Crippen LogP contribution in [0.5, 0.6) is 0 Å².